The number of fused-ring (bicyclic) bond motifs is 1. The summed E-state index contributed by atoms with van der Waals surface area (Å²) >= 11 is 0. The predicted molar refractivity (Wildman–Crippen MR) is 136 cm³/mol. The van der Waals surface area contributed by atoms with Crippen LogP contribution in [0.1, 0.15) is 35.7 Å². The van der Waals surface area contributed by atoms with E-state index in [0.717, 1.165) is 29.8 Å². The SMILES string of the molecule is CC(=Nc1ccccc1C)C1CCN(C(=O)c2cc3[nH]cc(-c4cccc(F)c4)c3cc2F)CC1. The van der Waals surface area contributed by atoms with Crippen LogP contribution >= 0.6 is 0 Å². The van der Waals surface area contributed by atoms with Crippen LogP contribution < -0.4 is 0 Å². The minimum Gasteiger partial charge on any atom is -0.361 e. The number of aliphatic imine (C=N–C) groups is 1. The van der Waals surface area contributed by atoms with Gasteiger partial charge in [0.05, 0.1) is 11.3 Å². The number of piperidine rings is 1. The van der Waals surface area contributed by atoms with Gasteiger partial charge in [-0.3, -0.25) is 9.79 Å². The van der Waals surface area contributed by atoms with Gasteiger partial charge in [-0.1, -0.05) is 30.3 Å². The number of hydrogen-bond donors (Lipinski definition) is 1. The maximum Gasteiger partial charge on any atom is 0.256 e. The lowest BCUT2D eigenvalue weighted by atomic mass is 9.92. The molecule has 0 spiro atoms. The number of H-pyrrole nitrogens is 1. The molecule has 0 saturated carbocycles. The standard InChI is InChI=1S/C29H27F2N3O/c1-18-6-3-4-9-27(18)33-19(2)20-10-12-34(13-11-20)29(35)24-16-28-23(15-26(24)31)25(17-32-28)21-7-5-8-22(30)14-21/h3-9,14-17,20,32H,10-13H2,1-2H3. The van der Waals surface area contributed by atoms with Crippen molar-refractivity contribution in [2.45, 2.75) is 26.7 Å². The van der Waals surface area contributed by atoms with Gasteiger partial charge >= 0.3 is 0 Å². The number of para-hydroxylation sites is 1. The Kier molecular flexibility index (Phi) is 6.20. The number of carbonyl (C=O) groups excluding carboxylic acids is 1. The first-order valence-electron chi connectivity index (χ1n) is 11.9. The van der Waals surface area contributed by atoms with Gasteiger partial charge in [-0.25, -0.2) is 8.78 Å². The minimum atomic E-state index is -0.570. The molecule has 1 aliphatic heterocycles. The Bertz CT molecular complexity index is 1430. The first kappa shape index (κ1) is 23.0. The van der Waals surface area contributed by atoms with Gasteiger partial charge in [0.25, 0.3) is 5.91 Å². The molecular weight excluding hydrogens is 444 g/mol. The number of nitrogens with zero attached hydrogens (tertiary/aromatic N) is 2. The summed E-state index contributed by atoms with van der Waals surface area (Å²) in [5, 5.41) is 0.617. The van der Waals surface area contributed by atoms with E-state index in [1.807, 2.05) is 38.1 Å². The Hall–Kier alpha value is -3.80. The lowest BCUT2D eigenvalue weighted by molar-refractivity contribution is 0.0705. The monoisotopic (exact) mass is 471 g/mol. The third-order valence-electron chi connectivity index (χ3n) is 6.92. The minimum absolute atomic E-state index is 0.0499. The van der Waals surface area contributed by atoms with Crippen molar-refractivity contribution in [2.24, 2.45) is 10.9 Å². The molecule has 1 aromatic heterocycles. The average Bonchev–Trinajstić information content (AvgIpc) is 3.27. The van der Waals surface area contributed by atoms with Crippen molar-refractivity contribution < 1.29 is 13.6 Å². The summed E-state index contributed by atoms with van der Waals surface area (Å²) < 4.78 is 28.8. The van der Waals surface area contributed by atoms with Crippen molar-refractivity contribution >= 4 is 28.2 Å². The molecule has 1 fully saturated rings. The van der Waals surface area contributed by atoms with Gasteiger partial charge in [-0.15, -0.1) is 0 Å². The molecule has 0 aliphatic carbocycles. The summed E-state index contributed by atoms with van der Waals surface area (Å²) in [6.07, 6.45) is 3.31. The van der Waals surface area contributed by atoms with Crippen LogP contribution in [-0.4, -0.2) is 34.6 Å². The van der Waals surface area contributed by atoms with E-state index in [9.17, 15) is 9.18 Å². The molecule has 0 atom stereocenters. The van der Waals surface area contributed by atoms with Crippen LogP contribution in [0.2, 0.25) is 0 Å². The highest BCUT2D eigenvalue weighted by molar-refractivity contribution is 6.02. The van der Waals surface area contributed by atoms with Crippen molar-refractivity contribution in [1.82, 2.24) is 9.88 Å². The number of aromatic nitrogens is 1. The first-order valence-corrected chi connectivity index (χ1v) is 11.9. The van der Waals surface area contributed by atoms with Crippen LogP contribution in [0.3, 0.4) is 0 Å². The van der Waals surface area contributed by atoms with E-state index in [4.69, 9.17) is 4.99 Å². The van der Waals surface area contributed by atoms with Crippen molar-refractivity contribution in [3.05, 3.63) is 89.6 Å². The maximum atomic E-state index is 15.1. The molecule has 178 valence electrons. The number of benzene rings is 3. The van der Waals surface area contributed by atoms with Gasteiger partial charge in [0.2, 0.25) is 0 Å². The number of hydrogen-bond acceptors (Lipinski definition) is 2. The van der Waals surface area contributed by atoms with E-state index in [2.05, 4.69) is 4.98 Å². The van der Waals surface area contributed by atoms with Gasteiger partial charge in [0.15, 0.2) is 0 Å². The summed E-state index contributed by atoms with van der Waals surface area (Å²) in [7, 11) is 0. The molecule has 1 aliphatic rings. The number of aromatic amines is 1. The van der Waals surface area contributed by atoms with Crippen molar-refractivity contribution in [2.75, 3.05) is 13.1 Å². The summed E-state index contributed by atoms with van der Waals surface area (Å²) in [6, 6.07) is 17.1. The lowest BCUT2D eigenvalue weighted by Gasteiger charge is -2.32. The summed E-state index contributed by atoms with van der Waals surface area (Å²) in [5.74, 6) is -0.938. The van der Waals surface area contributed by atoms with Crippen LogP contribution in [0.15, 0.2) is 71.9 Å². The highest BCUT2D eigenvalue weighted by atomic mass is 19.1. The maximum absolute atomic E-state index is 15.1. The summed E-state index contributed by atoms with van der Waals surface area (Å²) in [5.41, 5.74) is 5.22. The van der Waals surface area contributed by atoms with Gasteiger partial charge in [-0.2, -0.15) is 0 Å². The molecule has 0 radical (unpaired) electrons. The third-order valence-corrected chi connectivity index (χ3v) is 6.92. The number of halogens is 2. The van der Waals surface area contributed by atoms with Crippen LogP contribution in [0.25, 0.3) is 22.0 Å². The van der Waals surface area contributed by atoms with Gasteiger partial charge in [0.1, 0.15) is 11.6 Å². The van der Waals surface area contributed by atoms with Crippen LogP contribution in [-0.2, 0) is 0 Å². The van der Waals surface area contributed by atoms with E-state index in [-0.39, 0.29) is 17.3 Å². The van der Waals surface area contributed by atoms with Crippen molar-refractivity contribution in [1.29, 1.82) is 0 Å². The number of carbonyl (C=O) groups is 1. The van der Waals surface area contributed by atoms with E-state index >= 15 is 4.39 Å². The zero-order valence-corrected chi connectivity index (χ0v) is 19.8. The van der Waals surface area contributed by atoms with E-state index in [1.165, 1.54) is 18.2 Å². The lowest BCUT2D eigenvalue weighted by Crippen LogP contribution is -2.40. The Labute approximate surface area is 203 Å². The smallest absolute Gasteiger partial charge is 0.256 e. The molecule has 2 heterocycles. The first-order chi connectivity index (χ1) is 16.9. The fourth-order valence-corrected chi connectivity index (χ4v) is 4.84. The van der Waals surface area contributed by atoms with Crippen LogP contribution in [0, 0.1) is 24.5 Å². The molecule has 6 heteroatoms. The number of likely N-dealkylation sites (tertiary alicyclic amines) is 1. The second-order valence-electron chi connectivity index (χ2n) is 9.20. The topological polar surface area (TPSA) is 48.5 Å². The fraction of sp³-hybridized carbons (Fsp3) is 0.241. The summed E-state index contributed by atoms with van der Waals surface area (Å²) in [6.45, 7) is 5.20. The van der Waals surface area contributed by atoms with Crippen molar-refractivity contribution in [3.8, 4) is 11.1 Å². The molecule has 4 nitrogen and oxygen atoms in total. The molecule has 35 heavy (non-hydrogen) atoms. The molecule has 1 N–H and O–H groups in total. The molecular formula is C29H27F2N3O. The van der Waals surface area contributed by atoms with Crippen LogP contribution in [0.5, 0.6) is 0 Å². The molecule has 4 aromatic rings. The predicted octanol–water partition coefficient (Wildman–Crippen LogP) is 7.07. The highest BCUT2D eigenvalue weighted by Crippen LogP contribution is 2.32. The summed E-state index contributed by atoms with van der Waals surface area (Å²) in [4.78, 5) is 22.8. The van der Waals surface area contributed by atoms with Gasteiger partial charge in [0, 0.05) is 47.4 Å². The number of aryl methyl sites for hydroxylation is 1. The Morgan fingerprint density at radius 3 is 2.54 bits per heavy atom. The zero-order valence-electron chi connectivity index (χ0n) is 19.8. The molecule has 1 amide bonds. The molecule has 3 aromatic carbocycles. The fourth-order valence-electron chi connectivity index (χ4n) is 4.84. The van der Waals surface area contributed by atoms with Gasteiger partial charge in [-0.05, 0) is 68.1 Å². The second-order valence-corrected chi connectivity index (χ2v) is 9.20. The molecule has 0 unspecified atom stereocenters. The van der Waals surface area contributed by atoms with E-state index < -0.39 is 5.82 Å². The zero-order chi connectivity index (χ0) is 24.5. The Balaban J connectivity index is 1.32. The molecule has 0 bridgehead atoms. The number of amides is 1. The largest absolute Gasteiger partial charge is 0.361 e. The Morgan fingerprint density at radius 1 is 1.03 bits per heavy atom. The van der Waals surface area contributed by atoms with E-state index in [1.54, 1.807) is 29.3 Å². The quantitative estimate of drug-likeness (QED) is 0.318. The molecule has 5 rings (SSSR count). The number of rotatable bonds is 4. The Morgan fingerprint density at radius 2 is 1.80 bits per heavy atom. The highest BCUT2D eigenvalue weighted by Gasteiger charge is 2.27. The molecule has 1 saturated heterocycles. The van der Waals surface area contributed by atoms with E-state index in [0.29, 0.717) is 41.0 Å². The normalized spacial score (nSPS) is 15.1. The second kappa shape index (κ2) is 9.45. The van der Waals surface area contributed by atoms with Crippen LogP contribution in [0.4, 0.5) is 14.5 Å². The average molecular weight is 472 g/mol. The van der Waals surface area contributed by atoms with Crippen molar-refractivity contribution in [3.63, 3.8) is 0 Å². The van der Waals surface area contributed by atoms with Gasteiger partial charge < -0.3 is 9.88 Å². The number of nitrogens with one attached hydrogen (secondary N) is 1. The third kappa shape index (κ3) is 4.61.